The van der Waals surface area contributed by atoms with E-state index in [9.17, 15) is 4.79 Å². The summed E-state index contributed by atoms with van der Waals surface area (Å²) < 4.78 is 0. The van der Waals surface area contributed by atoms with E-state index < -0.39 is 0 Å². The minimum absolute atomic E-state index is 0.256. The Morgan fingerprint density at radius 2 is 2.00 bits per heavy atom. The first-order valence-electron chi connectivity index (χ1n) is 6.52. The number of carbonyl (C=O) groups is 1. The smallest absolute Gasteiger partial charge is 0.164 e. The van der Waals surface area contributed by atoms with Gasteiger partial charge in [0.1, 0.15) is 0 Å². The van der Waals surface area contributed by atoms with Crippen molar-refractivity contribution < 1.29 is 4.79 Å². The molecule has 17 heavy (non-hydrogen) atoms. The van der Waals surface area contributed by atoms with Gasteiger partial charge in [-0.2, -0.15) is 0 Å². The van der Waals surface area contributed by atoms with Crippen LogP contribution in [-0.2, 0) is 0 Å². The molecule has 0 bridgehead atoms. The lowest BCUT2D eigenvalue weighted by Crippen LogP contribution is -2.31. The number of rotatable bonds is 6. The van der Waals surface area contributed by atoms with Gasteiger partial charge in [-0.3, -0.25) is 4.79 Å². The quantitative estimate of drug-likeness (QED) is 0.701. The van der Waals surface area contributed by atoms with Crippen molar-refractivity contribution in [3.8, 4) is 0 Å². The van der Waals surface area contributed by atoms with Crippen LogP contribution in [0.15, 0.2) is 30.3 Å². The normalized spacial score (nSPS) is 15.9. The van der Waals surface area contributed by atoms with E-state index in [1.54, 1.807) is 0 Å². The maximum atomic E-state index is 11.9. The fourth-order valence-corrected chi connectivity index (χ4v) is 2.27. The largest absolute Gasteiger partial charge is 0.306 e. The fourth-order valence-electron chi connectivity index (χ4n) is 2.27. The number of benzene rings is 1. The first kappa shape index (κ1) is 12.3. The number of nitrogens with zero attached hydrogens (tertiary/aromatic N) is 1. The van der Waals surface area contributed by atoms with E-state index in [0.29, 0.717) is 6.42 Å². The van der Waals surface area contributed by atoms with Crippen molar-refractivity contribution in [1.29, 1.82) is 0 Å². The molecular weight excluding hydrogens is 210 g/mol. The molecule has 2 rings (SSSR count). The Labute approximate surface area is 104 Å². The van der Waals surface area contributed by atoms with Gasteiger partial charge in [0.05, 0.1) is 0 Å². The maximum absolute atomic E-state index is 11.9. The summed E-state index contributed by atoms with van der Waals surface area (Å²) in [6.45, 7) is 2.03. The molecule has 2 nitrogen and oxygen atoms in total. The summed E-state index contributed by atoms with van der Waals surface area (Å²) >= 11 is 0. The molecule has 1 aromatic rings. The molecule has 0 saturated heterocycles. The van der Waals surface area contributed by atoms with Crippen LogP contribution in [0.3, 0.4) is 0 Å². The number of Topliss-reactive ketones (excluding diaryl/α,β-unsaturated/α-hetero) is 1. The van der Waals surface area contributed by atoms with Gasteiger partial charge < -0.3 is 4.90 Å². The molecule has 0 N–H and O–H groups in total. The topological polar surface area (TPSA) is 20.3 Å². The van der Waals surface area contributed by atoms with E-state index in [2.05, 4.69) is 11.9 Å². The van der Waals surface area contributed by atoms with Crippen LogP contribution in [0.5, 0.6) is 0 Å². The van der Waals surface area contributed by atoms with Crippen molar-refractivity contribution in [2.24, 2.45) is 5.92 Å². The molecule has 1 aliphatic rings. The molecule has 1 fully saturated rings. The summed E-state index contributed by atoms with van der Waals surface area (Å²) in [5, 5.41) is 0. The second kappa shape index (κ2) is 5.97. The third kappa shape index (κ3) is 3.67. The fraction of sp³-hybridized carbons (Fsp3) is 0.533. The molecule has 0 atom stereocenters. The summed E-state index contributed by atoms with van der Waals surface area (Å²) in [7, 11) is 2.12. The van der Waals surface area contributed by atoms with Crippen molar-refractivity contribution in [3.05, 3.63) is 35.9 Å². The van der Waals surface area contributed by atoms with Crippen molar-refractivity contribution in [1.82, 2.24) is 4.90 Å². The standard InChI is InChI=1S/C15H21NO/c1-16(12-13-6-5-7-13)11-10-15(17)14-8-3-2-4-9-14/h2-4,8-9,13H,5-7,10-12H2,1H3. The van der Waals surface area contributed by atoms with E-state index in [4.69, 9.17) is 0 Å². The number of hydrogen-bond acceptors (Lipinski definition) is 2. The van der Waals surface area contributed by atoms with Crippen molar-refractivity contribution in [2.45, 2.75) is 25.7 Å². The summed E-state index contributed by atoms with van der Waals surface area (Å²) in [6, 6.07) is 9.58. The highest BCUT2D eigenvalue weighted by molar-refractivity contribution is 5.96. The molecule has 1 aliphatic carbocycles. The second-order valence-corrected chi connectivity index (χ2v) is 5.10. The van der Waals surface area contributed by atoms with Gasteiger partial charge in [-0.1, -0.05) is 36.8 Å². The van der Waals surface area contributed by atoms with E-state index in [0.717, 1.165) is 24.6 Å². The van der Waals surface area contributed by atoms with Crippen molar-refractivity contribution in [3.63, 3.8) is 0 Å². The third-order valence-electron chi connectivity index (χ3n) is 3.61. The van der Waals surface area contributed by atoms with Gasteiger partial charge in [0, 0.05) is 25.1 Å². The molecule has 0 aliphatic heterocycles. The molecule has 0 amide bonds. The molecule has 1 aromatic carbocycles. The van der Waals surface area contributed by atoms with Crippen LogP contribution in [0.2, 0.25) is 0 Å². The van der Waals surface area contributed by atoms with Crippen LogP contribution >= 0.6 is 0 Å². The van der Waals surface area contributed by atoms with Crippen LogP contribution in [0.1, 0.15) is 36.0 Å². The average Bonchev–Trinajstić information content (AvgIpc) is 2.32. The lowest BCUT2D eigenvalue weighted by molar-refractivity contribution is 0.0961. The van der Waals surface area contributed by atoms with Gasteiger partial charge >= 0.3 is 0 Å². The third-order valence-corrected chi connectivity index (χ3v) is 3.61. The zero-order valence-electron chi connectivity index (χ0n) is 10.6. The second-order valence-electron chi connectivity index (χ2n) is 5.10. The van der Waals surface area contributed by atoms with Gasteiger partial charge in [-0.05, 0) is 25.8 Å². The monoisotopic (exact) mass is 231 g/mol. The van der Waals surface area contributed by atoms with Crippen LogP contribution in [0.25, 0.3) is 0 Å². The van der Waals surface area contributed by atoms with Crippen molar-refractivity contribution in [2.75, 3.05) is 20.1 Å². The van der Waals surface area contributed by atoms with Crippen LogP contribution in [0, 0.1) is 5.92 Å². The molecule has 0 radical (unpaired) electrons. The van der Waals surface area contributed by atoms with Crippen LogP contribution in [-0.4, -0.2) is 30.8 Å². The maximum Gasteiger partial charge on any atom is 0.164 e. The Morgan fingerprint density at radius 1 is 1.29 bits per heavy atom. The number of hydrogen-bond donors (Lipinski definition) is 0. The molecule has 1 saturated carbocycles. The zero-order chi connectivity index (χ0) is 12.1. The summed E-state index contributed by atoms with van der Waals surface area (Å²) in [5.74, 6) is 1.14. The van der Waals surface area contributed by atoms with E-state index in [-0.39, 0.29) is 5.78 Å². The Hall–Kier alpha value is -1.15. The Balaban J connectivity index is 1.72. The molecule has 2 heteroatoms. The van der Waals surface area contributed by atoms with Gasteiger partial charge in [-0.25, -0.2) is 0 Å². The highest BCUT2D eigenvalue weighted by atomic mass is 16.1. The van der Waals surface area contributed by atoms with Gasteiger partial charge in [0.25, 0.3) is 0 Å². The van der Waals surface area contributed by atoms with E-state index in [1.165, 1.54) is 19.3 Å². The minimum Gasteiger partial charge on any atom is -0.306 e. The Morgan fingerprint density at radius 3 is 2.59 bits per heavy atom. The van der Waals surface area contributed by atoms with Gasteiger partial charge in [-0.15, -0.1) is 0 Å². The first-order valence-corrected chi connectivity index (χ1v) is 6.52. The van der Waals surface area contributed by atoms with Crippen LogP contribution < -0.4 is 0 Å². The van der Waals surface area contributed by atoms with Gasteiger partial charge in [0.15, 0.2) is 5.78 Å². The van der Waals surface area contributed by atoms with Crippen molar-refractivity contribution >= 4 is 5.78 Å². The number of carbonyl (C=O) groups excluding carboxylic acids is 1. The van der Waals surface area contributed by atoms with Gasteiger partial charge in [0.2, 0.25) is 0 Å². The predicted molar refractivity (Wildman–Crippen MR) is 70.2 cm³/mol. The number of ketones is 1. The summed E-state index contributed by atoms with van der Waals surface area (Å²) in [5.41, 5.74) is 0.838. The zero-order valence-corrected chi connectivity index (χ0v) is 10.6. The SMILES string of the molecule is CN(CCC(=O)c1ccccc1)CC1CCC1. The molecule has 92 valence electrons. The van der Waals surface area contributed by atoms with Crippen LogP contribution in [0.4, 0.5) is 0 Å². The lowest BCUT2D eigenvalue weighted by atomic mass is 9.85. The van der Waals surface area contributed by atoms with E-state index in [1.807, 2.05) is 30.3 Å². The predicted octanol–water partition coefficient (Wildman–Crippen LogP) is 2.99. The average molecular weight is 231 g/mol. The Bertz CT molecular complexity index is 356. The highest BCUT2D eigenvalue weighted by Crippen LogP contribution is 2.26. The molecular formula is C15H21NO. The summed E-state index contributed by atoms with van der Waals surface area (Å²) in [6.07, 6.45) is 4.77. The van der Waals surface area contributed by atoms with E-state index >= 15 is 0 Å². The highest BCUT2D eigenvalue weighted by Gasteiger charge is 2.19. The molecule has 0 heterocycles. The summed E-state index contributed by atoms with van der Waals surface area (Å²) in [4.78, 5) is 14.2. The molecule has 0 spiro atoms. The lowest BCUT2D eigenvalue weighted by Gasteiger charge is -2.29. The molecule has 0 aromatic heterocycles. The first-order chi connectivity index (χ1) is 8.25. The minimum atomic E-state index is 0.256. The Kier molecular flexibility index (Phi) is 4.32. The molecule has 0 unspecified atom stereocenters.